The molecule has 0 bridgehead atoms. The summed E-state index contributed by atoms with van der Waals surface area (Å²) in [6, 6.07) is 14.9. The molecule has 1 heterocycles. The number of aryl methyl sites for hydroxylation is 2. The van der Waals surface area contributed by atoms with Crippen LogP contribution in [0.3, 0.4) is 0 Å². The van der Waals surface area contributed by atoms with Crippen LogP contribution >= 0.6 is 0 Å². The monoisotopic (exact) mass is 282 g/mol. The van der Waals surface area contributed by atoms with E-state index in [0.29, 0.717) is 12.5 Å². The van der Waals surface area contributed by atoms with E-state index in [4.69, 9.17) is 10.6 Å². The minimum Gasteiger partial charge on any atom is -0.493 e. The second-order valence-electron chi connectivity index (χ2n) is 5.89. The highest BCUT2D eigenvalue weighted by Crippen LogP contribution is 2.34. The maximum Gasteiger partial charge on any atom is 0.122 e. The number of hydrazine groups is 1. The lowest BCUT2D eigenvalue weighted by Gasteiger charge is -2.32. The molecule has 1 aliphatic rings. The molecule has 0 saturated heterocycles. The topological polar surface area (TPSA) is 47.3 Å². The van der Waals surface area contributed by atoms with Gasteiger partial charge in [0, 0.05) is 5.92 Å². The first kappa shape index (κ1) is 14.1. The van der Waals surface area contributed by atoms with Crippen molar-refractivity contribution in [2.75, 3.05) is 6.61 Å². The molecule has 0 aliphatic carbocycles. The van der Waals surface area contributed by atoms with Gasteiger partial charge in [0.25, 0.3) is 0 Å². The average molecular weight is 282 g/mol. The van der Waals surface area contributed by atoms with E-state index in [-0.39, 0.29) is 6.04 Å². The van der Waals surface area contributed by atoms with Gasteiger partial charge in [-0.15, -0.1) is 0 Å². The molecule has 110 valence electrons. The van der Waals surface area contributed by atoms with Crippen LogP contribution in [0.1, 0.15) is 28.3 Å². The standard InChI is InChI=1S/C18H22N2O/c1-12-7-8-16(13(2)9-12)18(20-19)15-10-14-5-3-4-6-17(14)21-11-15/h3-9,15,18,20H,10-11,19H2,1-2H3. The molecule has 1 aliphatic heterocycles. The van der Waals surface area contributed by atoms with Crippen molar-refractivity contribution < 1.29 is 4.74 Å². The zero-order valence-corrected chi connectivity index (χ0v) is 12.6. The summed E-state index contributed by atoms with van der Waals surface area (Å²) >= 11 is 0. The SMILES string of the molecule is Cc1ccc(C(NN)C2COc3ccccc3C2)c(C)c1. The summed E-state index contributed by atoms with van der Waals surface area (Å²) < 4.78 is 5.91. The molecule has 0 saturated carbocycles. The average Bonchev–Trinajstić information content (AvgIpc) is 2.50. The van der Waals surface area contributed by atoms with E-state index in [1.807, 2.05) is 12.1 Å². The summed E-state index contributed by atoms with van der Waals surface area (Å²) in [6.45, 7) is 4.95. The number of fused-ring (bicyclic) bond motifs is 1. The molecule has 3 nitrogen and oxygen atoms in total. The van der Waals surface area contributed by atoms with Crippen molar-refractivity contribution in [2.24, 2.45) is 11.8 Å². The van der Waals surface area contributed by atoms with Crippen LogP contribution < -0.4 is 16.0 Å². The third-order valence-electron chi connectivity index (χ3n) is 4.32. The fourth-order valence-electron chi connectivity index (χ4n) is 3.22. The molecule has 0 fully saturated rings. The molecule has 2 atom stereocenters. The molecule has 2 aromatic carbocycles. The van der Waals surface area contributed by atoms with Gasteiger partial charge in [0.05, 0.1) is 12.6 Å². The van der Waals surface area contributed by atoms with Crippen LogP contribution in [0.5, 0.6) is 5.75 Å². The second kappa shape index (κ2) is 5.88. The van der Waals surface area contributed by atoms with Crippen LogP contribution in [0.2, 0.25) is 0 Å². The van der Waals surface area contributed by atoms with Gasteiger partial charge < -0.3 is 4.74 Å². The maximum absolute atomic E-state index is 5.91. The molecule has 0 aromatic heterocycles. The van der Waals surface area contributed by atoms with Gasteiger partial charge in [-0.2, -0.15) is 0 Å². The predicted octanol–water partition coefficient (Wildman–Crippen LogP) is 3.06. The summed E-state index contributed by atoms with van der Waals surface area (Å²) in [6.07, 6.45) is 0.984. The Balaban J connectivity index is 1.88. The van der Waals surface area contributed by atoms with Crippen LogP contribution in [-0.2, 0) is 6.42 Å². The molecular formula is C18H22N2O. The van der Waals surface area contributed by atoms with Crippen LogP contribution in [0.25, 0.3) is 0 Å². The first-order chi connectivity index (χ1) is 10.2. The lowest BCUT2D eigenvalue weighted by Crippen LogP contribution is -2.39. The molecule has 0 amide bonds. The summed E-state index contributed by atoms with van der Waals surface area (Å²) in [5, 5.41) is 0. The number of para-hydroxylation sites is 1. The van der Waals surface area contributed by atoms with E-state index in [2.05, 4.69) is 49.6 Å². The largest absolute Gasteiger partial charge is 0.493 e. The van der Waals surface area contributed by atoms with Crippen LogP contribution in [0.4, 0.5) is 0 Å². The van der Waals surface area contributed by atoms with Gasteiger partial charge in [0.15, 0.2) is 0 Å². The van der Waals surface area contributed by atoms with Gasteiger partial charge in [-0.25, -0.2) is 0 Å². The van der Waals surface area contributed by atoms with Gasteiger partial charge in [0.2, 0.25) is 0 Å². The zero-order chi connectivity index (χ0) is 14.8. The molecule has 3 heteroatoms. The van der Waals surface area contributed by atoms with Crippen molar-refractivity contribution in [3.8, 4) is 5.75 Å². The smallest absolute Gasteiger partial charge is 0.122 e. The first-order valence-corrected chi connectivity index (χ1v) is 7.43. The Morgan fingerprint density at radius 3 is 2.76 bits per heavy atom. The van der Waals surface area contributed by atoms with E-state index < -0.39 is 0 Å². The molecule has 3 N–H and O–H groups in total. The van der Waals surface area contributed by atoms with Crippen LogP contribution in [-0.4, -0.2) is 6.61 Å². The fourth-order valence-corrected chi connectivity index (χ4v) is 3.22. The number of hydrogen-bond donors (Lipinski definition) is 2. The Morgan fingerprint density at radius 1 is 1.19 bits per heavy atom. The molecule has 0 radical (unpaired) electrons. The third-order valence-corrected chi connectivity index (χ3v) is 4.32. The first-order valence-electron chi connectivity index (χ1n) is 7.43. The Kier molecular flexibility index (Phi) is 3.95. The molecule has 0 spiro atoms. The van der Waals surface area contributed by atoms with Crippen molar-refractivity contribution in [1.82, 2.24) is 5.43 Å². The Hall–Kier alpha value is -1.84. The highest BCUT2D eigenvalue weighted by molar-refractivity contribution is 5.37. The summed E-state index contributed by atoms with van der Waals surface area (Å²) in [5.41, 5.74) is 8.07. The lowest BCUT2D eigenvalue weighted by molar-refractivity contribution is 0.184. The highest BCUT2D eigenvalue weighted by atomic mass is 16.5. The maximum atomic E-state index is 5.91. The van der Waals surface area contributed by atoms with Crippen LogP contribution in [0.15, 0.2) is 42.5 Å². The molecule has 21 heavy (non-hydrogen) atoms. The Labute approximate surface area is 126 Å². The molecular weight excluding hydrogens is 260 g/mol. The summed E-state index contributed by atoms with van der Waals surface area (Å²) in [5.74, 6) is 7.20. The lowest BCUT2D eigenvalue weighted by atomic mass is 9.85. The third kappa shape index (κ3) is 2.80. The Bertz CT molecular complexity index is 639. The van der Waals surface area contributed by atoms with Gasteiger partial charge >= 0.3 is 0 Å². The minimum atomic E-state index is 0.110. The van der Waals surface area contributed by atoms with E-state index in [1.54, 1.807) is 0 Å². The van der Waals surface area contributed by atoms with E-state index in [1.165, 1.54) is 22.3 Å². The number of rotatable bonds is 3. The highest BCUT2D eigenvalue weighted by Gasteiger charge is 2.28. The van der Waals surface area contributed by atoms with Gasteiger partial charge in [-0.05, 0) is 43.0 Å². The molecule has 2 unspecified atom stereocenters. The number of ether oxygens (including phenoxy) is 1. The Morgan fingerprint density at radius 2 is 2.00 bits per heavy atom. The molecule has 2 aromatic rings. The van der Waals surface area contributed by atoms with Crippen molar-refractivity contribution >= 4 is 0 Å². The number of nitrogens with one attached hydrogen (secondary N) is 1. The van der Waals surface area contributed by atoms with Crippen molar-refractivity contribution in [3.05, 3.63) is 64.7 Å². The predicted molar refractivity (Wildman–Crippen MR) is 85.1 cm³/mol. The van der Waals surface area contributed by atoms with E-state index in [0.717, 1.165) is 12.2 Å². The number of hydrogen-bond acceptors (Lipinski definition) is 3. The van der Waals surface area contributed by atoms with Crippen molar-refractivity contribution in [1.29, 1.82) is 0 Å². The summed E-state index contributed by atoms with van der Waals surface area (Å²) in [7, 11) is 0. The second-order valence-corrected chi connectivity index (χ2v) is 5.89. The fraction of sp³-hybridized carbons (Fsp3) is 0.333. The van der Waals surface area contributed by atoms with Crippen molar-refractivity contribution in [2.45, 2.75) is 26.3 Å². The normalized spacial score (nSPS) is 18.7. The van der Waals surface area contributed by atoms with Gasteiger partial charge in [0.1, 0.15) is 5.75 Å². The number of benzene rings is 2. The minimum absolute atomic E-state index is 0.110. The van der Waals surface area contributed by atoms with Gasteiger partial charge in [-0.1, -0.05) is 42.0 Å². The van der Waals surface area contributed by atoms with Crippen molar-refractivity contribution in [3.63, 3.8) is 0 Å². The number of nitrogens with two attached hydrogens (primary N) is 1. The zero-order valence-electron chi connectivity index (χ0n) is 12.6. The van der Waals surface area contributed by atoms with Gasteiger partial charge in [-0.3, -0.25) is 11.3 Å². The van der Waals surface area contributed by atoms with E-state index in [9.17, 15) is 0 Å². The summed E-state index contributed by atoms with van der Waals surface area (Å²) in [4.78, 5) is 0. The van der Waals surface area contributed by atoms with E-state index >= 15 is 0 Å². The molecule has 3 rings (SSSR count). The quantitative estimate of drug-likeness (QED) is 0.672. The van der Waals surface area contributed by atoms with Crippen LogP contribution in [0, 0.1) is 19.8 Å².